The van der Waals surface area contributed by atoms with Crippen LogP contribution in [0.25, 0.3) is 0 Å². The molecule has 0 radical (unpaired) electrons. The molecule has 8 heteroatoms. The van der Waals surface area contributed by atoms with Gasteiger partial charge in [-0.15, -0.1) is 0 Å². The molecule has 0 atom stereocenters. The fourth-order valence-corrected chi connectivity index (χ4v) is 3.51. The first-order chi connectivity index (χ1) is 12.5. The summed E-state index contributed by atoms with van der Waals surface area (Å²) in [5.41, 5.74) is 1.54. The highest BCUT2D eigenvalue weighted by molar-refractivity contribution is 7.99. The number of benzene rings is 1. The Kier molecular flexibility index (Phi) is 5.82. The Labute approximate surface area is 153 Å². The molecule has 1 aliphatic rings. The van der Waals surface area contributed by atoms with Crippen LogP contribution < -0.4 is 10.9 Å². The zero-order chi connectivity index (χ0) is 18.5. The second-order valence-corrected chi connectivity index (χ2v) is 7.10. The number of thioether (sulfide) groups is 1. The van der Waals surface area contributed by atoms with Crippen molar-refractivity contribution >= 4 is 29.1 Å². The lowest BCUT2D eigenvalue weighted by molar-refractivity contribution is -0.119. The number of aromatic amines is 1. The molecule has 0 fully saturated rings. The van der Waals surface area contributed by atoms with Crippen molar-refractivity contribution in [1.29, 1.82) is 0 Å². The number of carbonyl (C=O) groups is 2. The average Bonchev–Trinajstić information content (AvgIpc) is 2.60. The second kappa shape index (κ2) is 8.27. The normalized spacial score (nSPS) is 13.3. The van der Waals surface area contributed by atoms with Crippen LogP contribution in [0, 0.1) is 5.82 Å². The fourth-order valence-electron chi connectivity index (χ4n) is 2.69. The van der Waals surface area contributed by atoms with Gasteiger partial charge in [0.25, 0.3) is 5.56 Å². The molecule has 136 valence electrons. The summed E-state index contributed by atoms with van der Waals surface area (Å²) in [6, 6.07) is 5.58. The predicted octanol–water partition coefficient (Wildman–Crippen LogP) is 2.48. The molecular formula is C18H18FN3O3S. The number of anilines is 1. The molecule has 1 heterocycles. The number of hydrogen-bond acceptors (Lipinski definition) is 5. The summed E-state index contributed by atoms with van der Waals surface area (Å²) in [6.45, 7) is 0. The van der Waals surface area contributed by atoms with E-state index in [0.717, 1.165) is 0 Å². The standard InChI is InChI=1S/C18H18FN3O3S/c19-11-3-5-12(6-4-11)20-16(24)2-1-9-26-18-21-15-10-13(23)7-8-14(15)17(25)22-18/h3-6H,1-2,7-10H2,(H,20,24)(H,21,22,25). The largest absolute Gasteiger partial charge is 0.326 e. The number of hydrogen-bond donors (Lipinski definition) is 2. The third kappa shape index (κ3) is 4.78. The molecule has 0 saturated carbocycles. The molecule has 1 aliphatic carbocycles. The minimum absolute atomic E-state index is 0.101. The lowest BCUT2D eigenvalue weighted by atomic mass is 9.96. The Morgan fingerprint density at radius 3 is 2.77 bits per heavy atom. The van der Waals surface area contributed by atoms with Gasteiger partial charge in [-0.05, 0) is 37.1 Å². The summed E-state index contributed by atoms with van der Waals surface area (Å²) < 4.78 is 12.8. The van der Waals surface area contributed by atoms with Crippen molar-refractivity contribution in [2.24, 2.45) is 0 Å². The average molecular weight is 375 g/mol. The smallest absolute Gasteiger partial charge is 0.255 e. The van der Waals surface area contributed by atoms with Crippen molar-refractivity contribution in [2.75, 3.05) is 11.1 Å². The highest BCUT2D eigenvalue weighted by atomic mass is 32.2. The highest BCUT2D eigenvalue weighted by Crippen LogP contribution is 2.19. The number of aromatic nitrogens is 2. The Bertz CT molecular complexity index is 880. The summed E-state index contributed by atoms with van der Waals surface area (Å²) in [5.74, 6) is 0.193. The molecule has 1 amide bonds. The van der Waals surface area contributed by atoms with Gasteiger partial charge < -0.3 is 10.3 Å². The number of ketones is 1. The van der Waals surface area contributed by atoms with Crippen LogP contribution >= 0.6 is 11.8 Å². The van der Waals surface area contributed by atoms with E-state index in [4.69, 9.17) is 0 Å². The van der Waals surface area contributed by atoms with Crippen LogP contribution in [-0.4, -0.2) is 27.4 Å². The number of amides is 1. The van der Waals surface area contributed by atoms with Gasteiger partial charge in [-0.2, -0.15) is 0 Å². The van der Waals surface area contributed by atoms with Gasteiger partial charge >= 0.3 is 0 Å². The number of nitrogens with zero attached hydrogens (tertiary/aromatic N) is 1. The first-order valence-corrected chi connectivity index (χ1v) is 9.32. The summed E-state index contributed by atoms with van der Waals surface area (Å²) in [7, 11) is 0. The molecule has 1 aromatic carbocycles. The van der Waals surface area contributed by atoms with E-state index >= 15 is 0 Å². The van der Waals surface area contributed by atoms with E-state index in [1.54, 1.807) is 0 Å². The molecule has 0 unspecified atom stereocenters. The summed E-state index contributed by atoms with van der Waals surface area (Å²) >= 11 is 1.35. The third-order valence-corrected chi connectivity index (χ3v) is 4.97. The zero-order valence-electron chi connectivity index (χ0n) is 14.0. The van der Waals surface area contributed by atoms with Gasteiger partial charge in [0.05, 0.1) is 5.69 Å². The van der Waals surface area contributed by atoms with Crippen LogP contribution in [0.2, 0.25) is 0 Å². The monoisotopic (exact) mass is 375 g/mol. The summed E-state index contributed by atoms with van der Waals surface area (Å²) in [5, 5.41) is 3.17. The van der Waals surface area contributed by atoms with Gasteiger partial charge in [0.2, 0.25) is 5.91 Å². The topological polar surface area (TPSA) is 91.9 Å². The Balaban J connectivity index is 1.47. The maximum atomic E-state index is 12.8. The maximum absolute atomic E-state index is 12.8. The van der Waals surface area contributed by atoms with Crippen LogP contribution in [0.15, 0.2) is 34.2 Å². The molecule has 2 N–H and O–H groups in total. The van der Waals surface area contributed by atoms with Crippen LogP contribution in [0.1, 0.15) is 30.5 Å². The number of rotatable bonds is 6. The van der Waals surface area contributed by atoms with Gasteiger partial charge in [0.15, 0.2) is 5.16 Å². The Hall–Kier alpha value is -2.48. The van der Waals surface area contributed by atoms with E-state index in [-0.39, 0.29) is 29.5 Å². The van der Waals surface area contributed by atoms with Crippen LogP contribution in [0.3, 0.4) is 0 Å². The van der Waals surface area contributed by atoms with Crippen molar-refractivity contribution in [3.05, 3.63) is 51.7 Å². The van der Waals surface area contributed by atoms with Gasteiger partial charge in [-0.3, -0.25) is 14.4 Å². The molecule has 1 aromatic heterocycles. The van der Waals surface area contributed by atoms with E-state index in [9.17, 15) is 18.8 Å². The third-order valence-electron chi connectivity index (χ3n) is 4.01. The summed E-state index contributed by atoms with van der Waals surface area (Å²) in [4.78, 5) is 42.5. The molecular weight excluding hydrogens is 357 g/mol. The molecule has 3 rings (SSSR count). The maximum Gasteiger partial charge on any atom is 0.255 e. The number of carbonyl (C=O) groups excluding carboxylic acids is 2. The van der Waals surface area contributed by atoms with E-state index in [1.165, 1.54) is 36.0 Å². The Morgan fingerprint density at radius 2 is 2.00 bits per heavy atom. The predicted molar refractivity (Wildman–Crippen MR) is 96.9 cm³/mol. The first-order valence-electron chi connectivity index (χ1n) is 8.33. The number of Topliss-reactive ketones (excluding diaryl/α,β-unsaturated/α-hetero) is 1. The SMILES string of the molecule is O=C1CCc2c(nc(SCCCC(=O)Nc3ccc(F)cc3)[nH]c2=O)C1. The molecule has 2 aromatic rings. The zero-order valence-corrected chi connectivity index (χ0v) is 14.8. The summed E-state index contributed by atoms with van der Waals surface area (Å²) in [6.07, 6.45) is 1.96. The minimum Gasteiger partial charge on any atom is -0.326 e. The van der Waals surface area contributed by atoms with Gasteiger partial charge in [-0.25, -0.2) is 9.37 Å². The van der Waals surface area contributed by atoms with Crippen molar-refractivity contribution < 1.29 is 14.0 Å². The lowest BCUT2D eigenvalue weighted by Crippen LogP contribution is -2.25. The van der Waals surface area contributed by atoms with E-state index in [1.807, 2.05) is 0 Å². The molecule has 0 bridgehead atoms. The number of halogens is 1. The van der Waals surface area contributed by atoms with Gasteiger partial charge in [-0.1, -0.05) is 11.8 Å². The van der Waals surface area contributed by atoms with E-state index in [2.05, 4.69) is 15.3 Å². The fraction of sp³-hybridized carbons (Fsp3) is 0.333. The van der Waals surface area contributed by atoms with Crippen LogP contribution in [0.5, 0.6) is 0 Å². The quantitative estimate of drug-likeness (QED) is 0.460. The lowest BCUT2D eigenvalue weighted by Gasteiger charge is -2.13. The molecule has 0 spiro atoms. The number of fused-ring (bicyclic) bond motifs is 1. The molecule has 0 aliphatic heterocycles. The van der Waals surface area contributed by atoms with Gasteiger partial charge in [0.1, 0.15) is 11.6 Å². The first kappa shape index (κ1) is 18.3. The Morgan fingerprint density at radius 1 is 1.23 bits per heavy atom. The molecule has 6 nitrogen and oxygen atoms in total. The van der Waals surface area contributed by atoms with E-state index < -0.39 is 0 Å². The van der Waals surface area contributed by atoms with Crippen LogP contribution in [-0.2, 0) is 22.4 Å². The van der Waals surface area contributed by atoms with Crippen molar-refractivity contribution in [3.8, 4) is 0 Å². The van der Waals surface area contributed by atoms with Crippen molar-refractivity contribution in [3.63, 3.8) is 0 Å². The highest BCUT2D eigenvalue weighted by Gasteiger charge is 2.20. The van der Waals surface area contributed by atoms with Crippen LogP contribution in [0.4, 0.5) is 10.1 Å². The number of H-pyrrole nitrogens is 1. The second-order valence-electron chi connectivity index (χ2n) is 6.02. The van der Waals surface area contributed by atoms with Crippen molar-refractivity contribution in [1.82, 2.24) is 9.97 Å². The van der Waals surface area contributed by atoms with E-state index in [0.29, 0.717) is 53.5 Å². The minimum atomic E-state index is -0.354. The van der Waals surface area contributed by atoms with Gasteiger partial charge in [0, 0.05) is 36.3 Å². The molecule has 0 saturated heterocycles. The molecule has 26 heavy (non-hydrogen) atoms. The van der Waals surface area contributed by atoms with Crippen molar-refractivity contribution in [2.45, 2.75) is 37.3 Å². The number of nitrogens with one attached hydrogen (secondary N) is 2.